The maximum atomic E-state index is 13.3. The summed E-state index contributed by atoms with van der Waals surface area (Å²) in [5, 5.41) is 25.6. The standard InChI is InChI=1S/C23H27N5O8S.Na/c1-4-26-9-10-27(19(33)18(26)32)22(36)25-13(11-5-7-12(29)8-6-11)16(30)24-14-17(31)28-15(21(34)35)23(2,3)37-20(14)28;/h5-8,13-15,20,29H,4,9-10H2,1-3H3,(H,24,30)(H,25,36)(H,34,35);/q;+1/p-1. The number of benzene rings is 1. The SMILES string of the molecule is CCN1CCN(C(=O)NC(C(=O)NC2C(=O)N3C2SC(C)(C)C3C(=O)[O-])c2ccc(O)cc2)C(=O)C1=O.[Na+]. The molecule has 0 aliphatic carbocycles. The van der Waals surface area contributed by atoms with E-state index in [-0.39, 0.29) is 54.0 Å². The first-order chi connectivity index (χ1) is 17.4. The normalized spacial score (nSPS) is 24.7. The number of amides is 6. The van der Waals surface area contributed by atoms with Crippen molar-refractivity contribution in [3.05, 3.63) is 29.8 Å². The van der Waals surface area contributed by atoms with E-state index in [0.29, 0.717) is 11.4 Å². The molecule has 4 atom stereocenters. The zero-order chi connectivity index (χ0) is 27.2. The van der Waals surface area contributed by atoms with E-state index in [1.165, 1.54) is 40.9 Å². The molecule has 0 spiro atoms. The average molecular weight is 556 g/mol. The summed E-state index contributed by atoms with van der Waals surface area (Å²) in [5.41, 5.74) is 0.241. The van der Waals surface area contributed by atoms with Crippen molar-refractivity contribution in [3.8, 4) is 5.75 Å². The van der Waals surface area contributed by atoms with E-state index in [9.17, 15) is 39.0 Å². The second-order valence-corrected chi connectivity index (χ2v) is 11.2. The third kappa shape index (κ3) is 5.22. The Labute approximate surface area is 244 Å². The number of phenolic OH excluding ortho intramolecular Hbond substituents is 1. The summed E-state index contributed by atoms with van der Waals surface area (Å²) in [4.78, 5) is 78.6. The summed E-state index contributed by atoms with van der Waals surface area (Å²) in [6.45, 7) is 5.42. The Bertz CT molecular complexity index is 1180. The monoisotopic (exact) mass is 555 g/mol. The first-order valence-corrected chi connectivity index (χ1v) is 12.5. The number of carbonyl (C=O) groups excluding carboxylic acids is 6. The van der Waals surface area contributed by atoms with E-state index < -0.39 is 63.9 Å². The first kappa shape index (κ1) is 29.7. The molecule has 1 aromatic rings. The van der Waals surface area contributed by atoms with Crippen LogP contribution >= 0.6 is 11.8 Å². The third-order valence-electron chi connectivity index (χ3n) is 6.65. The van der Waals surface area contributed by atoms with Gasteiger partial charge < -0.3 is 35.4 Å². The molecule has 13 nitrogen and oxygen atoms in total. The van der Waals surface area contributed by atoms with Gasteiger partial charge in [-0.05, 0) is 38.5 Å². The topological polar surface area (TPSA) is 179 Å². The number of phenols is 1. The summed E-state index contributed by atoms with van der Waals surface area (Å²) in [5.74, 6) is -4.74. The van der Waals surface area contributed by atoms with Gasteiger partial charge in [0, 0.05) is 24.4 Å². The second-order valence-electron chi connectivity index (χ2n) is 9.38. The van der Waals surface area contributed by atoms with Crippen LogP contribution in [0.1, 0.15) is 32.4 Å². The Morgan fingerprint density at radius 3 is 2.34 bits per heavy atom. The van der Waals surface area contributed by atoms with E-state index in [4.69, 9.17) is 0 Å². The average Bonchev–Trinajstić information content (AvgIpc) is 3.10. The molecule has 3 saturated heterocycles. The van der Waals surface area contributed by atoms with Crippen LogP contribution in [0, 0.1) is 0 Å². The fourth-order valence-corrected chi connectivity index (χ4v) is 6.32. The maximum absolute atomic E-state index is 13.3. The number of carboxylic acids is 1. The number of β-lactam (4-membered cyclic amide) rings is 1. The number of nitrogens with one attached hydrogen (secondary N) is 2. The number of aromatic hydroxyl groups is 1. The van der Waals surface area contributed by atoms with Crippen molar-refractivity contribution in [2.75, 3.05) is 19.6 Å². The largest absolute Gasteiger partial charge is 1.00 e. The zero-order valence-electron chi connectivity index (χ0n) is 21.3. The molecule has 38 heavy (non-hydrogen) atoms. The molecule has 0 saturated carbocycles. The second kappa shape index (κ2) is 11.1. The zero-order valence-corrected chi connectivity index (χ0v) is 24.1. The first-order valence-electron chi connectivity index (χ1n) is 11.6. The molecule has 3 aliphatic rings. The van der Waals surface area contributed by atoms with E-state index in [2.05, 4.69) is 10.6 Å². The van der Waals surface area contributed by atoms with Crippen LogP contribution in [0.4, 0.5) is 4.79 Å². The molecule has 198 valence electrons. The number of aliphatic carboxylic acids is 1. The van der Waals surface area contributed by atoms with Crippen molar-refractivity contribution in [1.29, 1.82) is 0 Å². The van der Waals surface area contributed by atoms with Gasteiger partial charge in [-0.25, -0.2) is 4.79 Å². The molecule has 0 aromatic heterocycles. The predicted molar refractivity (Wildman–Crippen MR) is 126 cm³/mol. The van der Waals surface area contributed by atoms with Gasteiger partial charge in [0.2, 0.25) is 11.8 Å². The van der Waals surface area contributed by atoms with Gasteiger partial charge in [-0.1, -0.05) is 12.1 Å². The van der Waals surface area contributed by atoms with Gasteiger partial charge in [-0.3, -0.25) is 24.1 Å². The van der Waals surface area contributed by atoms with Crippen LogP contribution in [-0.4, -0.2) is 97.3 Å². The van der Waals surface area contributed by atoms with Crippen LogP contribution in [-0.2, 0) is 24.0 Å². The van der Waals surface area contributed by atoms with E-state index in [1.54, 1.807) is 20.8 Å². The third-order valence-corrected chi connectivity index (χ3v) is 8.23. The van der Waals surface area contributed by atoms with Crippen LogP contribution < -0.4 is 45.3 Å². The number of rotatable bonds is 6. The van der Waals surface area contributed by atoms with Gasteiger partial charge in [-0.2, -0.15) is 0 Å². The summed E-state index contributed by atoms with van der Waals surface area (Å²) < 4.78 is -0.850. The number of hydrogen-bond donors (Lipinski definition) is 3. The Hall–Kier alpha value is -2.81. The molecule has 0 bridgehead atoms. The van der Waals surface area contributed by atoms with Crippen LogP contribution in [0.2, 0.25) is 0 Å². The number of urea groups is 1. The van der Waals surface area contributed by atoms with Gasteiger partial charge in [0.05, 0.1) is 12.0 Å². The van der Waals surface area contributed by atoms with E-state index in [1.807, 2.05) is 0 Å². The van der Waals surface area contributed by atoms with Crippen molar-refractivity contribution in [1.82, 2.24) is 25.3 Å². The molecule has 3 aliphatic heterocycles. The number of thioether (sulfide) groups is 1. The number of imide groups is 1. The van der Waals surface area contributed by atoms with Crippen molar-refractivity contribution >= 4 is 47.4 Å². The molecule has 3 fully saturated rings. The summed E-state index contributed by atoms with van der Waals surface area (Å²) in [6, 6.07) is 0.789. The van der Waals surface area contributed by atoms with E-state index in [0.717, 1.165) is 4.90 Å². The number of nitrogens with zero attached hydrogens (tertiary/aromatic N) is 3. The number of piperazine rings is 1. The molecular formula is C23H26N5NaO8S. The van der Waals surface area contributed by atoms with Gasteiger partial charge >= 0.3 is 47.4 Å². The fourth-order valence-electron chi connectivity index (χ4n) is 4.70. The number of fused-ring (bicyclic) bond motifs is 1. The predicted octanol–water partition coefficient (Wildman–Crippen LogP) is -4.87. The van der Waals surface area contributed by atoms with E-state index >= 15 is 0 Å². The van der Waals surface area contributed by atoms with Crippen molar-refractivity contribution < 1.29 is 68.5 Å². The molecule has 6 amide bonds. The molecule has 3 N–H and O–H groups in total. The molecule has 4 rings (SSSR count). The quantitative estimate of drug-likeness (QED) is 0.176. The maximum Gasteiger partial charge on any atom is 1.00 e. The Morgan fingerprint density at radius 2 is 1.76 bits per heavy atom. The smallest absolute Gasteiger partial charge is 0.548 e. The van der Waals surface area contributed by atoms with Crippen molar-refractivity contribution in [2.24, 2.45) is 0 Å². The Balaban J connectivity index is 0.00000400. The summed E-state index contributed by atoms with van der Waals surface area (Å²) in [6.07, 6.45) is 0. The molecule has 15 heteroatoms. The van der Waals surface area contributed by atoms with Crippen LogP contribution in [0.5, 0.6) is 5.75 Å². The fraction of sp³-hybridized carbons (Fsp3) is 0.478. The number of likely N-dealkylation sites (N-methyl/N-ethyl adjacent to an activating group) is 1. The number of carboxylic acid groups (broad SMARTS) is 1. The summed E-state index contributed by atoms with van der Waals surface area (Å²) in [7, 11) is 0. The van der Waals surface area contributed by atoms with Gasteiger partial charge in [0.1, 0.15) is 23.2 Å². The molecule has 3 heterocycles. The van der Waals surface area contributed by atoms with Crippen molar-refractivity contribution in [3.63, 3.8) is 0 Å². The Morgan fingerprint density at radius 1 is 1.13 bits per heavy atom. The Kier molecular flexibility index (Phi) is 8.71. The summed E-state index contributed by atoms with van der Waals surface area (Å²) >= 11 is 1.21. The number of carbonyl (C=O) groups is 6. The minimum atomic E-state index is -1.39. The van der Waals surface area contributed by atoms with Gasteiger partial charge in [-0.15, -0.1) is 11.8 Å². The van der Waals surface area contributed by atoms with Crippen LogP contribution in [0.3, 0.4) is 0 Å². The minimum absolute atomic E-state index is 0. The molecule has 4 unspecified atom stereocenters. The van der Waals surface area contributed by atoms with Gasteiger partial charge in [0.25, 0.3) is 0 Å². The molecular weight excluding hydrogens is 529 g/mol. The van der Waals surface area contributed by atoms with Crippen LogP contribution in [0.25, 0.3) is 0 Å². The minimum Gasteiger partial charge on any atom is -0.548 e. The molecule has 1 aromatic carbocycles. The van der Waals surface area contributed by atoms with Crippen LogP contribution in [0.15, 0.2) is 24.3 Å². The van der Waals surface area contributed by atoms with Gasteiger partial charge in [0.15, 0.2) is 0 Å². The number of hydrogen-bond acceptors (Lipinski definition) is 9. The molecule has 0 radical (unpaired) electrons. The van der Waals surface area contributed by atoms with Crippen molar-refractivity contribution in [2.45, 2.75) is 49.0 Å².